The van der Waals surface area contributed by atoms with Gasteiger partial charge in [-0.2, -0.15) is 0 Å². The first-order chi connectivity index (χ1) is 13.2. The van der Waals surface area contributed by atoms with E-state index in [1.807, 2.05) is 41.9 Å². The van der Waals surface area contributed by atoms with Gasteiger partial charge < -0.3 is 10.0 Å². The maximum absolute atomic E-state index is 13.3. The van der Waals surface area contributed by atoms with Gasteiger partial charge in [-0.05, 0) is 49.4 Å². The summed E-state index contributed by atoms with van der Waals surface area (Å²) in [6.45, 7) is 0.123. The molecular weight excluding hydrogens is 356 g/mol. The fraction of sp³-hybridized carbons (Fsp3) is 0.364. The molecule has 2 aliphatic heterocycles. The van der Waals surface area contributed by atoms with Crippen molar-refractivity contribution in [3.8, 4) is 0 Å². The lowest BCUT2D eigenvalue weighted by atomic mass is 9.70. The molecule has 0 spiro atoms. The number of fused-ring (bicyclic) bond motifs is 3. The molecule has 2 bridgehead atoms. The van der Waals surface area contributed by atoms with Gasteiger partial charge in [0.25, 0.3) is 5.91 Å². The van der Waals surface area contributed by atoms with Gasteiger partial charge in [0.15, 0.2) is 0 Å². The zero-order valence-corrected chi connectivity index (χ0v) is 15.9. The van der Waals surface area contributed by atoms with Crippen LogP contribution in [-0.2, 0) is 6.42 Å². The van der Waals surface area contributed by atoms with Crippen LogP contribution in [0.2, 0.25) is 0 Å². The molecule has 0 radical (unpaired) electrons. The van der Waals surface area contributed by atoms with Crippen molar-refractivity contribution in [2.45, 2.75) is 37.8 Å². The van der Waals surface area contributed by atoms with Crippen molar-refractivity contribution < 1.29 is 9.90 Å². The Kier molecular flexibility index (Phi) is 4.02. The van der Waals surface area contributed by atoms with Gasteiger partial charge in [0.2, 0.25) is 0 Å². The molecule has 5 heteroatoms. The second kappa shape index (κ2) is 6.43. The smallest absolute Gasteiger partial charge is 0.254 e. The highest BCUT2D eigenvalue weighted by atomic mass is 32.1. The molecule has 5 rings (SSSR count). The summed E-state index contributed by atoms with van der Waals surface area (Å²) >= 11 is 1.59. The summed E-state index contributed by atoms with van der Waals surface area (Å²) in [5.41, 5.74) is 4.41. The SMILES string of the molecule is O=C(c1ccc2scnc2c1)N1[C@H]2CC[C@@H]1[C@@](CO)(Cc1ccccc1)C2. The van der Waals surface area contributed by atoms with Crippen LogP contribution in [0, 0.1) is 5.41 Å². The highest BCUT2D eigenvalue weighted by molar-refractivity contribution is 7.16. The van der Waals surface area contributed by atoms with Crippen molar-refractivity contribution in [1.82, 2.24) is 9.88 Å². The fourth-order valence-electron chi connectivity index (χ4n) is 5.16. The first-order valence-electron chi connectivity index (χ1n) is 9.51. The summed E-state index contributed by atoms with van der Waals surface area (Å²) in [4.78, 5) is 19.8. The molecule has 2 saturated heterocycles. The molecule has 0 saturated carbocycles. The second-order valence-corrected chi connectivity index (χ2v) is 8.77. The van der Waals surface area contributed by atoms with Gasteiger partial charge in [-0.15, -0.1) is 11.3 Å². The third kappa shape index (κ3) is 2.68. The minimum atomic E-state index is -0.231. The van der Waals surface area contributed by atoms with E-state index >= 15 is 0 Å². The fourth-order valence-corrected chi connectivity index (χ4v) is 5.81. The van der Waals surface area contributed by atoms with Crippen molar-refractivity contribution in [3.05, 3.63) is 65.2 Å². The normalized spacial score (nSPS) is 26.8. The Morgan fingerprint density at radius 1 is 1.22 bits per heavy atom. The van der Waals surface area contributed by atoms with E-state index in [4.69, 9.17) is 0 Å². The highest BCUT2D eigenvalue weighted by Gasteiger charge is 2.57. The van der Waals surface area contributed by atoms with Gasteiger partial charge in [0.1, 0.15) is 0 Å². The molecule has 0 aliphatic carbocycles. The molecule has 4 nitrogen and oxygen atoms in total. The molecule has 0 unspecified atom stereocenters. The van der Waals surface area contributed by atoms with Gasteiger partial charge in [-0.1, -0.05) is 30.3 Å². The maximum Gasteiger partial charge on any atom is 0.254 e. The molecule has 2 fully saturated rings. The standard InChI is InChI=1S/C22H22N2O2S/c25-13-22(11-15-4-2-1-3-5-15)12-17-7-9-20(22)24(17)21(26)16-6-8-19-18(10-16)23-14-27-19/h1-6,8,10,14,17,20,25H,7,9,11-13H2/t17-,20+,22-/m0/s1. The Morgan fingerprint density at radius 3 is 2.89 bits per heavy atom. The summed E-state index contributed by atoms with van der Waals surface area (Å²) in [7, 11) is 0. The topological polar surface area (TPSA) is 53.4 Å². The molecule has 3 aromatic rings. The molecule has 138 valence electrons. The third-order valence-corrected chi connectivity index (χ3v) is 7.19. The minimum Gasteiger partial charge on any atom is -0.396 e. The van der Waals surface area contributed by atoms with Crippen LogP contribution >= 0.6 is 11.3 Å². The van der Waals surface area contributed by atoms with Crippen molar-refractivity contribution in [2.75, 3.05) is 6.61 Å². The van der Waals surface area contributed by atoms with Crippen LogP contribution in [0.15, 0.2) is 54.0 Å². The number of hydrogen-bond donors (Lipinski definition) is 1. The quantitative estimate of drug-likeness (QED) is 0.749. The van der Waals surface area contributed by atoms with Crippen LogP contribution in [0.25, 0.3) is 10.2 Å². The van der Waals surface area contributed by atoms with E-state index in [0.29, 0.717) is 5.56 Å². The summed E-state index contributed by atoms with van der Waals surface area (Å²) in [6, 6.07) is 16.5. The number of thiazole rings is 1. The molecule has 2 aromatic carbocycles. The molecule has 3 atom stereocenters. The lowest BCUT2D eigenvalue weighted by molar-refractivity contribution is 0.0571. The van der Waals surface area contributed by atoms with Gasteiger partial charge in [0, 0.05) is 23.1 Å². The molecule has 3 heterocycles. The molecule has 2 aliphatic rings. The van der Waals surface area contributed by atoms with E-state index in [2.05, 4.69) is 22.0 Å². The van der Waals surface area contributed by atoms with Crippen LogP contribution in [0.5, 0.6) is 0 Å². The Balaban J connectivity index is 1.46. The van der Waals surface area contributed by atoms with Crippen molar-refractivity contribution in [1.29, 1.82) is 0 Å². The number of benzene rings is 2. The number of carbonyl (C=O) groups excluding carboxylic acids is 1. The highest BCUT2D eigenvalue weighted by Crippen LogP contribution is 2.51. The summed E-state index contributed by atoms with van der Waals surface area (Å²) < 4.78 is 1.10. The summed E-state index contributed by atoms with van der Waals surface area (Å²) in [5, 5.41) is 10.3. The number of rotatable bonds is 4. The first-order valence-corrected chi connectivity index (χ1v) is 10.4. The number of hydrogen-bond acceptors (Lipinski definition) is 4. The van der Waals surface area contributed by atoms with Crippen LogP contribution in [0.3, 0.4) is 0 Å². The number of aliphatic hydroxyl groups excluding tert-OH is 1. The second-order valence-electron chi connectivity index (χ2n) is 7.88. The molecule has 1 amide bonds. The lowest BCUT2D eigenvalue weighted by Gasteiger charge is -2.36. The van der Waals surface area contributed by atoms with E-state index in [-0.39, 0.29) is 30.0 Å². The van der Waals surface area contributed by atoms with Crippen LogP contribution in [0.1, 0.15) is 35.2 Å². The van der Waals surface area contributed by atoms with Gasteiger partial charge in [-0.3, -0.25) is 4.79 Å². The molecule has 27 heavy (non-hydrogen) atoms. The van der Waals surface area contributed by atoms with Crippen molar-refractivity contribution >= 4 is 27.5 Å². The summed E-state index contributed by atoms with van der Waals surface area (Å²) in [6.07, 6.45) is 3.71. The number of aromatic nitrogens is 1. The van der Waals surface area contributed by atoms with Gasteiger partial charge in [-0.25, -0.2) is 4.98 Å². The first kappa shape index (κ1) is 16.9. The van der Waals surface area contributed by atoms with Crippen LogP contribution in [0.4, 0.5) is 0 Å². The van der Waals surface area contributed by atoms with Crippen molar-refractivity contribution in [2.24, 2.45) is 5.41 Å². The van der Waals surface area contributed by atoms with Gasteiger partial charge >= 0.3 is 0 Å². The Hall–Kier alpha value is -2.24. The Bertz CT molecular complexity index is 986. The Morgan fingerprint density at radius 2 is 2.07 bits per heavy atom. The zero-order chi connectivity index (χ0) is 18.4. The van der Waals surface area contributed by atoms with E-state index in [9.17, 15) is 9.90 Å². The number of amides is 1. The predicted octanol–water partition coefficient (Wildman–Crippen LogP) is 3.89. The molecule has 1 N–H and O–H groups in total. The molecular formula is C22H22N2O2S. The van der Waals surface area contributed by atoms with Crippen molar-refractivity contribution in [3.63, 3.8) is 0 Å². The van der Waals surface area contributed by atoms with E-state index in [1.54, 1.807) is 11.3 Å². The maximum atomic E-state index is 13.3. The average Bonchev–Trinajstić information content (AvgIpc) is 3.41. The zero-order valence-electron chi connectivity index (χ0n) is 15.0. The number of nitrogens with zero attached hydrogens (tertiary/aromatic N) is 2. The monoisotopic (exact) mass is 378 g/mol. The lowest BCUT2D eigenvalue weighted by Crippen LogP contribution is -2.43. The van der Waals surface area contributed by atoms with E-state index < -0.39 is 0 Å². The van der Waals surface area contributed by atoms with Gasteiger partial charge in [0.05, 0.1) is 22.3 Å². The van der Waals surface area contributed by atoms with Crippen LogP contribution < -0.4 is 0 Å². The van der Waals surface area contributed by atoms with Crippen LogP contribution in [-0.4, -0.2) is 39.6 Å². The predicted molar refractivity (Wildman–Crippen MR) is 107 cm³/mol. The number of carbonyl (C=O) groups is 1. The molecule has 1 aromatic heterocycles. The Labute approximate surface area is 162 Å². The third-order valence-electron chi connectivity index (χ3n) is 6.38. The summed E-state index contributed by atoms with van der Waals surface area (Å²) in [5.74, 6) is 0.0841. The van der Waals surface area contributed by atoms with E-state index in [1.165, 1.54) is 5.56 Å². The van der Waals surface area contributed by atoms with E-state index in [0.717, 1.165) is 35.9 Å². The average molecular weight is 378 g/mol. The number of aliphatic hydroxyl groups is 1. The minimum absolute atomic E-state index is 0.0841. The largest absolute Gasteiger partial charge is 0.396 e.